The first kappa shape index (κ1) is 10.9. The average molecular weight is 262 g/mol. The van der Waals surface area contributed by atoms with E-state index in [2.05, 4.69) is 10.1 Å². The quantitative estimate of drug-likeness (QED) is 0.766. The molecule has 0 aromatic carbocycles. The van der Waals surface area contributed by atoms with Crippen molar-refractivity contribution in [1.82, 2.24) is 10.1 Å². The summed E-state index contributed by atoms with van der Waals surface area (Å²) in [6, 6.07) is 7.00. The fourth-order valence-electron chi connectivity index (χ4n) is 1.70. The molecule has 5 nitrogen and oxygen atoms in total. The Hall–Kier alpha value is -2.27. The van der Waals surface area contributed by atoms with Gasteiger partial charge in [0.15, 0.2) is 16.8 Å². The van der Waals surface area contributed by atoms with E-state index < -0.39 is 0 Å². The summed E-state index contributed by atoms with van der Waals surface area (Å²) in [6.45, 7) is 0. The normalized spacial score (nSPS) is 10.7. The molecular formula is C12H8ClN3O2. The fourth-order valence-corrected chi connectivity index (χ4v) is 1.84. The fraction of sp³-hybridized carbons (Fsp3) is 0. The van der Waals surface area contributed by atoms with Crippen molar-refractivity contribution >= 4 is 17.4 Å². The number of nitrogens with two attached hydrogens (primary N) is 1. The highest BCUT2D eigenvalue weighted by Gasteiger charge is 2.20. The lowest BCUT2D eigenvalue weighted by molar-refractivity contribution is 0.421. The first-order chi connectivity index (χ1) is 8.75. The molecule has 0 saturated heterocycles. The third kappa shape index (κ3) is 1.74. The van der Waals surface area contributed by atoms with Crippen LogP contribution in [0.3, 0.4) is 0 Å². The summed E-state index contributed by atoms with van der Waals surface area (Å²) < 4.78 is 10.5. The second-order valence-corrected chi connectivity index (χ2v) is 3.99. The number of rotatable bonds is 2. The number of hydrogen-bond donors (Lipinski definition) is 1. The van der Waals surface area contributed by atoms with Crippen LogP contribution in [0.1, 0.15) is 0 Å². The number of nitrogens with zero attached hydrogens (tertiary/aromatic N) is 2. The first-order valence-electron chi connectivity index (χ1n) is 5.17. The van der Waals surface area contributed by atoms with Crippen molar-refractivity contribution < 1.29 is 8.94 Å². The minimum absolute atomic E-state index is 0.275. The SMILES string of the molecule is Nc1noc(-c2ccc(Cl)o2)c1-c1cccnc1. The Morgan fingerprint density at radius 1 is 1.22 bits per heavy atom. The molecule has 0 aliphatic carbocycles. The third-order valence-electron chi connectivity index (χ3n) is 2.47. The number of anilines is 1. The van der Waals surface area contributed by atoms with E-state index in [1.807, 2.05) is 6.07 Å². The highest BCUT2D eigenvalue weighted by atomic mass is 35.5. The van der Waals surface area contributed by atoms with Crippen molar-refractivity contribution in [2.75, 3.05) is 5.73 Å². The van der Waals surface area contributed by atoms with Gasteiger partial charge in [0.1, 0.15) is 0 Å². The molecule has 0 fully saturated rings. The molecular weight excluding hydrogens is 254 g/mol. The van der Waals surface area contributed by atoms with Crippen molar-refractivity contribution in [2.24, 2.45) is 0 Å². The van der Waals surface area contributed by atoms with Gasteiger partial charge in [-0.2, -0.15) is 0 Å². The van der Waals surface area contributed by atoms with Crippen LogP contribution < -0.4 is 5.73 Å². The Morgan fingerprint density at radius 2 is 2.11 bits per heavy atom. The molecule has 90 valence electrons. The molecule has 0 bridgehead atoms. The molecule has 0 saturated carbocycles. The molecule has 3 aromatic rings. The van der Waals surface area contributed by atoms with Gasteiger partial charge < -0.3 is 14.7 Å². The summed E-state index contributed by atoms with van der Waals surface area (Å²) in [5, 5.41) is 4.03. The predicted octanol–water partition coefficient (Wildman–Crippen LogP) is 3.23. The van der Waals surface area contributed by atoms with Crippen LogP contribution >= 0.6 is 11.6 Å². The molecule has 0 spiro atoms. The van der Waals surface area contributed by atoms with E-state index in [1.165, 1.54) is 0 Å². The van der Waals surface area contributed by atoms with Crippen LogP contribution in [0.2, 0.25) is 5.22 Å². The molecule has 6 heteroatoms. The molecule has 2 N–H and O–H groups in total. The molecule has 3 rings (SSSR count). The topological polar surface area (TPSA) is 78.1 Å². The van der Waals surface area contributed by atoms with Crippen molar-refractivity contribution in [3.8, 4) is 22.6 Å². The number of pyridine rings is 1. The zero-order valence-electron chi connectivity index (χ0n) is 9.13. The molecule has 3 aromatic heterocycles. The number of nitrogen functional groups attached to an aromatic ring is 1. The summed E-state index contributed by atoms with van der Waals surface area (Å²) in [7, 11) is 0. The molecule has 0 unspecified atom stereocenters. The van der Waals surface area contributed by atoms with Crippen LogP contribution in [0.5, 0.6) is 0 Å². The van der Waals surface area contributed by atoms with E-state index in [0.29, 0.717) is 17.1 Å². The lowest BCUT2D eigenvalue weighted by atomic mass is 10.1. The minimum Gasteiger partial charge on any atom is -0.441 e. The van der Waals surface area contributed by atoms with Crippen LogP contribution in [0.15, 0.2) is 45.6 Å². The van der Waals surface area contributed by atoms with Crippen LogP contribution in [0.4, 0.5) is 5.82 Å². The van der Waals surface area contributed by atoms with E-state index in [9.17, 15) is 0 Å². The van der Waals surface area contributed by atoms with Crippen molar-refractivity contribution in [3.63, 3.8) is 0 Å². The molecule has 0 amide bonds. The zero-order valence-corrected chi connectivity index (χ0v) is 9.89. The molecule has 0 radical (unpaired) electrons. The first-order valence-corrected chi connectivity index (χ1v) is 5.55. The average Bonchev–Trinajstić information content (AvgIpc) is 2.96. The van der Waals surface area contributed by atoms with Gasteiger partial charge in [-0.05, 0) is 29.8 Å². The number of furan rings is 1. The maximum atomic E-state index is 5.81. The highest BCUT2D eigenvalue weighted by Crippen LogP contribution is 2.37. The molecule has 0 atom stereocenters. The van der Waals surface area contributed by atoms with E-state index >= 15 is 0 Å². The zero-order chi connectivity index (χ0) is 12.5. The third-order valence-corrected chi connectivity index (χ3v) is 2.67. The summed E-state index contributed by atoms with van der Waals surface area (Å²) >= 11 is 5.74. The molecule has 3 heterocycles. The van der Waals surface area contributed by atoms with Gasteiger partial charge in [-0.25, -0.2) is 0 Å². The van der Waals surface area contributed by atoms with Crippen LogP contribution in [-0.2, 0) is 0 Å². The maximum Gasteiger partial charge on any atom is 0.212 e. The van der Waals surface area contributed by atoms with Gasteiger partial charge in [0.25, 0.3) is 0 Å². The summed E-state index contributed by atoms with van der Waals surface area (Å²) in [5.41, 5.74) is 7.26. The monoisotopic (exact) mass is 261 g/mol. The van der Waals surface area contributed by atoms with E-state index in [0.717, 1.165) is 5.56 Å². The number of hydrogen-bond acceptors (Lipinski definition) is 5. The van der Waals surface area contributed by atoms with Gasteiger partial charge in [0, 0.05) is 18.0 Å². The van der Waals surface area contributed by atoms with E-state index in [-0.39, 0.29) is 11.0 Å². The highest BCUT2D eigenvalue weighted by molar-refractivity contribution is 6.29. The Kier molecular flexibility index (Phi) is 2.53. The standard InChI is InChI=1S/C12H8ClN3O2/c13-9-4-3-8(17-9)11-10(12(14)16-18-11)7-2-1-5-15-6-7/h1-6H,(H2,14,16). The van der Waals surface area contributed by atoms with Gasteiger partial charge in [-0.3, -0.25) is 4.98 Å². The van der Waals surface area contributed by atoms with Gasteiger partial charge in [-0.1, -0.05) is 11.2 Å². The van der Waals surface area contributed by atoms with Crippen molar-refractivity contribution in [3.05, 3.63) is 41.9 Å². The molecule has 0 aliphatic rings. The Labute approximate surface area is 107 Å². The van der Waals surface area contributed by atoms with Gasteiger partial charge in [0.05, 0.1) is 5.56 Å². The summed E-state index contributed by atoms with van der Waals surface area (Å²) in [4.78, 5) is 4.04. The van der Waals surface area contributed by atoms with Crippen molar-refractivity contribution in [2.45, 2.75) is 0 Å². The smallest absolute Gasteiger partial charge is 0.212 e. The molecule has 18 heavy (non-hydrogen) atoms. The maximum absolute atomic E-state index is 5.81. The lowest BCUT2D eigenvalue weighted by Crippen LogP contribution is -1.88. The van der Waals surface area contributed by atoms with Crippen LogP contribution in [-0.4, -0.2) is 10.1 Å². The van der Waals surface area contributed by atoms with Crippen LogP contribution in [0, 0.1) is 0 Å². The largest absolute Gasteiger partial charge is 0.441 e. The minimum atomic E-state index is 0.275. The lowest BCUT2D eigenvalue weighted by Gasteiger charge is -1.99. The Morgan fingerprint density at radius 3 is 2.78 bits per heavy atom. The number of halogens is 1. The Balaban J connectivity index is 2.18. The second-order valence-electron chi connectivity index (χ2n) is 3.62. The van der Waals surface area contributed by atoms with Gasteiger partial charge >= 0.3 is 0 Å². The second kappa shape index (κ2) is 4.19. The predicted molar refractivity (Wildman–Crippen MR) is 66.9 cm³/mol. The van der Waals surface area contributed by atoms with Crippen LogP contribution in [0.25, 0.3) is 22.6 Å². The summed E-state index contributed by atoms with van der Waals surface area (Å²) in [6.07, 6.45) is 3.35. The van der Waals surface area contributed by atoms with Crippen molar-refractivity contribution in [1.29, 1.82) is 0 Å². The van der Waals surface area contributed by atoms with E-state index in [1.54, 1.807) is 30.6 Å². The molecule has 0 aliphatic heterocycles. The Bertz CT molecular complexity index is 676. The van der Waals surface area contributed by atoms with E-state index in [4.69, 9.17) is 26.3 Å². The number of aromatic nitrogens is 2. The van der Waals surface area contributed by atoms with Gasteiger partial charge in [0.2, 0.25) is 5.76 Å². The summed E-state index contributed by atoms with van der Waals surface area (Å²) in [5.74, 6) is 1.20. The van der Waals surface area contributed by atoms with Gasteiger partial charge in [-0.15, -0.1) is 0 Å².